The van der Waals surface area contributed by atoms with Gasteiger partial charge in [0.05, 0.1) is 7.11 Å². The summed E-state index contributed by atoms with van der Waals surface area (Å²) in [6.45, 7) is 1.65. The van der Waals surface area contributed by atoms with Gasteiger partial charge in [0, 0.05) is 24.6 Å². The van der Waals surface area contributed by atoms with Gasteiger partial charge in [-0.2, -0.15) is 0 Å². The van der Waals surface area contributed by atoms with Crippen LogP contribution in [-0.4, -0.2) is 26.2 Å². The predicted octanol–water partition coefficient (Wildman–Crippen LogP) is 1.24. The molecule has 1 aliphatic rings. The van der Waals surface area contributed by atoms with Crippen LogP contribution in [0.15, 0.2) is 18.2 Å². The van der Waals surface area contributed by atoms with E-state index in [-0.39, 0.29) is 17.8 Å². The highest BCUT2D eigenvalue weighted by Crippen LogP contribution is 2.27. The monoisotopic (exact) mass is 224 g/mol. The fourth-order valence-corrected chi connectivity index (χ4v) is 2.15. The van der Waals surface area contributed by atoms with Gasteiger partial charge in [-0.15, -0.1) is 0 Å². The Labute approximate surface area is 94.8 Å². The summed E-state index contributed by atoms with van der Waals surface area (Å²) < 4.78 is 18.8. The third kappa shape index (κ3) is 2.18. The van der Waals surface area contributed by atoms with Crippen LogP contribution in [0.4, 0.5) is 4.39 Å². The van der Waals surface area contributed by atoms with Gasteiger partial charge in [0.1, 0.15) is 11.6 Å². The van der Waals surface area contributed by atoms with Crippen molar-refractivity contribution in [3.8, 4) is 5.75 Å². The third-order valence-corrected chi connectivity index (χ3v) is 3.14. The second-order valence-corrected chi connectivity index (χ2v) is 4.15. The fourth-order valence-electron chi connectivity index (χ4n) is 2.15. The van der Waals surface area contributed by atoms with Crippen molar-refractivity contribution >= 4 is 0 Å². The molecule has 1 saturated heterocycles. The van der Waals surface area contributed by atoms with Gasteiger partial charge < -0.3 is 15.8 Å². The van der Waals surface area contributed by atoms with E-state index in [4.69, 9.17) is 10.5 Å². The van der Waals surface area contributed by atoms with Crippen molar-refractivity contribution in [3.63, 3.8) is 0 Å². The van der Waals surface area contributed by atoms with E-state index in [1.54, 1.807) is 12.1 Å². The molecule has 4 heteroatoms. The smallest absolute Gasteiger partial charge is 0.130 e. The lowest BCUT2D eigenvalue weighted by molar-refractivity contribution is 0.387. The standard InChI is InChI=1S/C12H17FN2O/c1-16-8-2-3-9(11(13)6-8)10-7-15-5-4-12(10)14/h2-3,6,10,12,15H,4-5,7,14H2,1H3. The molecule has 2 rings (SSSR count). The van der Waals surface area contributed by atoms with Crippen LogP contribution in [0.1, 0.15) is 17.9 Å². The molecule has 1 aromatic carbocycles. The Morgan fingerprint density at radius 3 is 2.94 bits per heavy atom. The summed E-state index contributed by atoms with van der Waals surface area (Å²) in [6.07, 6.45) is 0.885. The lowest BCUT2D eigenvalue weighted by atomic mass is 9.87. The molecule has 1 aromatic rings. The maximum absolute atomic E-state index is 13.8. The number of methoxy groups -OCH3 is 1. The molecule has 2 atom stereocenters. The Morgan fingerprint density at radius 2 is 2.31 bits per heavy atom. The zero-order valence-electron chi connectivity index (χ0n) is 9.37. The first kappa shape index (κ1) is 11.4. The van der Waals surface area contributed by atoms with E-state index in [0.29, 0.717) is 11.3 Å². The van der Waals surface area contributed by atoms with Crippen LogP contribution in [0.3, 0.4) is 0 Å². The largest absolute Gasteiger partial charge is 0.497 e. The van der Waals surface area contributed by atoms with Gasteiger partial charge in [0.15, 0.2) is 0 Å². The van der Waals surface area contributed by atoms with Crippen molar-refractivity contribution in [1.82, 2.24) is 5.32 Å². The minimum absolute atomic E-state index is 0.0316. The normalized spacial score (nSPS) is 25.4. The molecule has 1 fully saturated rings. The maximum atomic E-state index is 13.8. The van der Waals surface area contributed by atoms with Crippen LogP contribution in [0.5, 0.6) is 5.75 Å². The van der Waals surface area contributed by atoms with E-state index in [0.717, 1.165) is 19.5 Å². The van der Waals surface area contributed by atoms with Crippen molar-refractivity contribution in [2.45, 2.75) is 18.4 Å². The van der Waals surface area contributed by atoms with Gasteiger partial charge in [-0.25, -0.2) is 4.39 Å². The summed E-state index contributed by atoms with van der Waals surface area (Å²) in [4.78, 5) is 0. The van der Waals surface area contributed by atoms with Gasteiger partial charge >= 0.3 is 0 Å². The van der Waals surface area contributed by atoms with Crippen molar-refractivity contribution in [2.75, 3.05) is 20.2 Å². The molecule has 1 aliphatic heterocycles. The van der Waals surface area contributed by atoms with E-state index >= 15 is 0 Å². The zero-order chi connectivity index (χ0) is 11.5. The second kappa shape index (κ2) is 4.80. The van der Waals surface area contributed by atoms with Gasteiger partial charge in [0.2, 0.25) is 0 Å². The number of halogens is 1. The number of piperidine rings is 1. The lowest BCUT2D eigenvalue weighted by Gasteiger charge is -2.30. The minimum Gasteiger partial charge on any atom is -0.497 e. The molecule has 0 amide bonds. The van der Waals surface area contributed by atoms with Gasteiger partial charge in [-0.3, -0.25) is 0 Å². The molecule has 88 valence electrons. The summed E-state index contributed by atoms with van der Waals surface area (Å²) in [5.74, 6) is 0.363. The number of hydrogen-bond acceptors (Lipinski definition) is 3. The predicted molar refractivity (Wildman–Crippen MR) is 61.2 cm³/mol. The lowest BCUT2D eigenvalue weighted by Crippen LogP contribution is -2.43. The molecule has 0 aromatic heterocycles. The van der Waals surface area contributed by atoms with Gasteiger partial charge in [0.25, 0.3) is 0 Å². The SMILES string of the molecule is COc1ccc(C2CNCCC2N)c(F)c1. The average Bonchev–Trinajstić information content (AvgIpc) is 2.30. The summed E-state index contributed by atoms with van der Waals surface area (Å²) in [5, 5.41) is 3.24. The molecular weight excluding hydrogens is 207 g/mol. The van der Waals surface area contributed by atoms with Crippen molar-refractivity contribution < 1.29 is 9.13 Å². The Kier molecular flexibility index (Phi) is 3.41. The summed E-state index contributed by atoms with van der Waals surface area (Å²) in [7, 11) is 1.53. The van der Waals surface area contributed by atoms with E-state index < -0.39 is 0 Å². The topological polar surface area (TPSA) is 47.3 Å². The zero-order valence-corrected chi connectivity index (χ0v) is 9.37. The van der Waals surface area contributed by atoms with Crippen LogP contribution in [-0.2, 0) is 0 Å². The minimum atomic E-state index is -0.233. The highest BCUT2D eigenvalue weighted by molar-refractivity contribution is 5.32. The number of nitrogens with two attached hydrogens (primary N) is 1. The average molecular weight is 224 g/mol. The number of hydrogen-bond donors (Lipinski definition) is 2. The van der Waals surface area contributed by atoms with E-state index in [9.17, 15) is 4.39 Å². The van der Waals surface area contributed by atoms with Gasteiger partial charge in [-0.1, -0.05) is 6.07 Å². The van der Waals surface area contributed by atoms with Gasteiger partial charge in [-0.05, 0) is 24.6 Å². The molecule has 0 spiro atoms. The van der Waals surface area contributed by atoms with Crippen molar-refractivity contribution in [1.29, 1.82) is 0 Å². The highest BCUT2D eigenvalue weighted by atomic mass is 19.1. The van der Waals surface area contributed by atoms with Crippen LogP contribution < -0.4 is 15.8 Å². The first-order valence-electron chi connectivity index (χ1n) is 5.52. The number of rotatable bonds is 2. The Morgan fingerprint density at radius 1 is 1.50 bits per heavy atom. The highest BCUT2D eigenvalue weighted by Gasteiger charge is 2.25. The van der Waals surface area contributed by atoms with Crippen LogP contribution in [0, 0.1) is 5.82 Å². The molecule has 3 nitrogen and oxygen atoms in total. The van der Waals surface area contributed by atoms with Crippen LogP contribution in [0.25, 0.3) is 0 Å². The molecule has 0 aliphatic carbocycles. The molecule has 0 bridgehead atoms. The van der Waals surface area contributed by atoms with Crippen molar-refractivity contribution in [2.24, 2.45) is 5.73 Å². The number of benzene rings is 1. The molecule has 3 N–H and O–H groups in total. The number of ether oxygens (including phenoxy) is 1. The summed E-state index contributed by atoms with van der Waals surface area (Å²) in [5.41, 5.74) is 6.69. The first-order valence-corrected chi connectivity index (χ1v) is 5.52. The summed E-state index contributed by atoms with van der Waals surface area (Å²) in [6, 6.07) is 4.99. The summed E-state index contributed by atoms with van der Waals surface area (Å²) >= 11 is 0. The first-order chi connectivity index (χ1) is 7.72. The molecule has 0 saturated carbocycles. The van der Waals surface area contributed by atoms with E-state index in [1.807, 2.05) is 0 Å². The Bertz CT molecular complexity index is 370. The number of nitrogens with one attached hydrogen (secondary N) is 1. The van der Waals surface area contributed by atoms with Crippen molar-refractivity contribution in [3.05, 3.63) is 29.6 Å². The quantitative estimate of drug-likeness (QED) is 0.794. The molecule has 2 unspecified atom stereocenters. The molecule has 16 heavy (non-hydrogen) atoms. The third-order valence-electron chi connectivity index (χ3n) is 3.14. The molecule has 1 heterocycles. The van der Waals surface area contributed by atoms with E-state index in [1.165, 1.54) is 13.2 Å². The fraction of sp³-hybridized carbons (Fsp3) is 0.500. The second-order valence-electron chi connectivity index (χ2n) is 4.15. The van der Waals surface area contributed by atoms with E-state index in [2.05, 4.69) is 5.32 Å². The van der Waals surface area contributed by atoms with Crippen LogP contribution >= 0.6 is 0 Å². The molecular formula is C12H17FN2O. The Balaban J connectivity index is 2.25. The maximum Gasteiger partial charge on any atom is 0.130 e. The van der Waals surface area contributed by atoms with Crippen LogP contribution in [0.2, 0.25) is 0 Å². The molecule has 0 radical (unpaired) electrons. The Hall–Kier alpha value is -1.13.